The topological polar surface area (TPSA) is 141 Å². The van der Waals surface area contributed by atoms with E-state index in [1.165, 1.54) is 17.5 Å². The highest BCUT2D eigenvalue weighted by molar-refractivity contribution is 7.17. The van der Waals surface area contributed by atoms with Crippen molar-refractivity contribution >= 4 is 39.7 Å². The number of hydrogen-bond acceptors (Lipinski definition) is 8. The van der Waals surface area contributed by atoms with Crippen molar-refractivity contribution in [2.45, 2.75) is 46.0 Å². The van der Waals surface area contributed by atoms with E-state index >= 15 is 0 Å². The van der Waals surface area contributed by atoms with Gasteiger partial charge >= 0.3 is 6.09 Å². The van der Waals surface area contributed by atoms with Crippen LogP contribution in [0.1, 0.15) is 42.7 Å². The van der Waals surface area contributed by atoms with Gasteiger partial charge in [0.15, 0.2) is 0 Å². The lowest BCUT2D eigenvalue weighted by Gasteiger charge is -2.22. The molecule has 200 valence electrons. The maximum Gasteiger partial charge on any atom is 0.407 e. The van der Waals surface area contributed by atoms with Crippen LogP contribution in [0.15, 0.2) is 41.5 Å². The van der Waals surface area contributed by atoms with Crippen LogP contribution in [0.2, 0.25) is 0 Å². The van der Waals surface area contributed by atoms with Gasteiger partial charge in [0.05, 0.1) is 31.2 Å². The van der Waals surface area contributed by atoms with E-state index in [0.717, 1.165) is 41.0 Å². The quantitative estimate of drug-likeness (QED) is 0.307. The Hall–Kier alpha value is -3.53. The van der Waals surface area contributed by atoms with Crippen molar-refractivity contribution in [1.29, 1.82) is 0 Å². The molecule has 0 saturated heterocycles. The van der Waals surface area contributed by atoms with E-state index < -0.39 is 6.09 Å². The van der Waals surface area contributed by atoms with Crippen LogP contribution >= 0.6 is 11.3 Å². The number of alkyl carbamates (subject to hydrolysis) is 1. The van der Waals surface area contributed by atoms with Gasteiger partial charge in [-0.2, -0.15) is 0 Å². The minimum atomic E-state index is -0.482. The molecule has 2 aromatic rings. The molecule has 37 heavy (non-hydrogen) atoms. The van der Waals surface area contributed by atoms with Crippen LogP contribution in [0.5, 0.6) is 5.75 Å². The molecular weight excluding hydrogens is 490 g/mol. The molecule has 1 unspecified atom stereocenters. The first-order valence-electron chi connectivity index (χ1n) is 12.7. The largest absolute Gasteiger partial charge is 0.494 e. The normalized spacial score (nSPS) is 15.3. The number of fused-ring (bicyclic) bond motifs is 1. The van der Waals surface area contributed by atoms with Gasteiger partial charge in [0.1, 0.15) is 10.8 Å². The van der Waals surface area contributed by atoms with Crippen molar-refractivity contribution in [2.75, 3.05) is 37.4 Å². The number of hydrogen-bond donors (Lipinski definition) is 4. The van der Waals surface area contributed by atoms with Gasteiger partial charge in [-0.15, -0.1) is 11.3 Å². The van der Waals surface area contributed by atoms with Crippen molar-refractivity contribution in [3.8, 4) is 5.75 Å². The Morgan fingerprint density at radius 3 is 2.84 bits per heavy atom. The molecule has 1 heterocycles. The van der Waals surface area contributed by atoms with E-state index in [1.807, 2.05) is 38.1 Å². The maximum absolute atomic E-state index is 12.7. The highest BCUT2D eigenvalue weighted by atomic mass is 32.1. The van der Waals surface area contributed by atoms with Gasteiger partial charge < -0.3 is 31.6 Å². The van der Waals surface area contributed by atoms with Gasteiger partial charge in [0.2, 0.25) is 5.91 Å². The second-order valence-corrected chi connectivity index (χ2v) is 9.83. The number of nitrogens with two attached hydrogens (primary N) is 2. The number of nitrogen functional groups attached to an aromatic ring is 1. The summed E-state index contributed by atoms with van der Waals surface area (Å²) in [6.45, 7) is 5.62. The molecule has 0 radical (unpaired) electrons. The number of carbonyl (C=O) groups is 2. The third-order valence-corrected chi connectivity index (χ3v) is 7.25. The molecule has 9 nitrogen and oxygen atoms in total. The summed E-state index contributed by atoms with van der Waals surface area (Å²) in [6, 6.07) is 7.77. The molecule has 1 aliphatic carbocycles. The van der Waals surface area contributed by atoms with Crippen molar-refractivity contribution in [1.82, 2.24) is 5.32 Å². The van der Waals surface area contributed by atoms with Crippen molar-refractivity contribution < 1.29 is 19.1 Å². The molecule has 0 aliphatic heterocycles. The van der Waals surface area contributed by atoms with E-state index in [2.05, 4.69) is 15.6 Å². The van der Waals surface area contributed by atoms with Crippen LogP contribution in [-0.4, -0.2) is 44.0 Å². The number of aliphatic imine (C=N–C) groups is 1. The summed E-state index contributed by atoms with van der Waals surface area (Å²) in [7, 11) is 0. The molecule has 0 bridgehead atoms. The van der Waals surface area contributed by atoms with Crippen molar-refractivity contribution in [3.63, 3.8) is 0 Å². The lowest BCUT2D eigenvalue weighted by molar-refractivity contribution is -0.116. The van der Waals surface area contributed by atoms with Gasteiger partial charge in [-0.3, -0.25) is 9.79 Å². The second-order valence-electron chi connectivity index (χ2n) is 8.72. The summed E-state index contributed by atoms with van der Waals surface area (Å²) < 4.78 is 11.1. The smallest absolute Gasteiger partial charge is 0.407 e. The molecule has 0 spiro atoms. The van der Waals surface area contributed by atoms with E-state index in [9.17, 15) is 9.59 Å². The minimum absolute atomic E-state index is 0.0800. The number of para-hydroxylation sites is 1. The summed E-state index contributed by atoms with van der Waals surface area (Å²) >= 11 is 1.51. The number of nitrogens with one attached hydrogen (secondary N) is 2. The third-order valence-electron chi connectivity index (χ3n) is 6.07. The van der Waals surface area contributed by atoms with Crippen LogP contribution < -0.4 is 26.8 Å². The van der Waals surface area contributed by atoms with Crippen LogP contribution in [0.25, 0.3) is 0 Å². The summed E-state index contributed by atoms with van der Waals surface area (Å²) in [6.07, 6.45) is 5.90. The Morgan fingerprint density at radius 2 is 2.08 bits per heavy atom. The zero-order valence-corrected chi connectivity index (χ0v) is 22.4. The average molecular weight is 528 g/mol. The monoisotopic (exact) mass is 527 g/mol. The van der Waals surface area contributed by atoms with Crippen molar-refractivity contribution in [3.05, 3.63) is 52.5 Å². The predicted molar refractivity (Wildman–Crippen MR) is 149 cm³/mol. The number of nitrogens with zero attached hydrogens (tertiary/aromatic N) is 1. The Balaban J connectivity index is 1.49. The third kappa shape index (κ3) is 8.24. The molecule has 0 saturated carbocycles. The first kappa shape index (κ1) is 28.0. The highest BCUT2D eigenvalue weighted by Gasteiger charge is 2.26. The Kier molecular flexibility index (Phi) is 10.8. The lowest BCUT2D eigenvalue weighted by atomic mass is 9.89. The molecule has 1 aromatic heterocycles. The van der Waals surface area contributed by atoms with E-state index in [0.29, 0.717) is 49.0 Å². The molecule has 0 fully saturated rings. The fourth-order valence-corrected chi connectivity index (χ4v) is 5.55. The molecule has 1 aromatic carbocycles. The molecule has 6 N–H and O–H groups in total. The number of amides is 2. The number of carbonyl (C=O) groups excluding carboxylic acids is 2. The summed E-state index contributed by atoms with van der Waals surface area (Å²) in [4.78, 5) is 30.2. The molecule has 10 heteroatoms. The van der Waals surface area contributed by atoms with E-state index in [-0.39, 0.29) is 18.4 Å². The first-order valence-corrected chi connectivity index (χ1v) is 13.5. The SMILES string of the molecule is CCN=C(C=CN)CNC(=O)OCC1CCc2c(sc(NC(=O)CCc3ccccc3OCC)c2N)C1. The number of benzene rings is 1. The van der Waals surface area contributed by atoms with Crippen LogP contribution in [0.4, 0.5) is 15.5 Å². The lowest BCUT2D eigenvalue weighted by Crippen LogP contribution is -2.31. The van der Waals surface area contributed by atoms with E-state index in [1.54, 1.807) is 6.08 Å². The Bertz CT molecular complexity index is 1130. The van der Waals surface area contributed by atoms with Crippen LogP contribution in [-0.2, 0) is 28.8 Å². The first-order chi connectivity index (χ1) is 17.9. The Morgan fingerprint density at radius 1 is 1.27 bits per heavy atom. The fraction of sp³-hybridized carbons (Fsp3) is 0.444. The number of ether oxygens (including phenoxy) is 2. The zero-order chi connectivity index (χ0) is 26.6. The van der Waals surface area contributed by atoms with Gasteiger partial charge in [0, 0.05) is 17.8 Å². The highest BCUT2D eigenvalue weighted by Crippen LogP contribution is 2.41. The molecule has 1 aliphatic rings. The summed E-state index contributed by atoms with van der Waals surface area (Å²) in [5, 5.41) is 6.40. The number of thiophene rings is 1. The predicted octanol–water partition coefficient (Wildman–Crippen LogP) is 4.06. The maximum atomic E-state index is 12.7. The van der Waals surface area contributed by atoms with E-state index in [4.69, 9.17) is 20.9 Å². The fourth-order valence-electron chi connectivity index (χ4n) is 4.25. The average Bonchev–Trinajstić information content (AvgIpc) is 3.20. The molecule has 2 amide bonds. The number of aryl methyl sites for hydroxylation is 1. The Labute approximate surface area is 222 Å². The molecule has 1 atom stereocenters. The van der Waals surface area contributed by atoms with Gasteiger partial charge in [-0.1, -0.05) is 18.2 Å². The summed E-state index contributed by atoms with van der Waals surface area (Å²) in [5.41, 5.74) is 15.2. The molecular formula is C27H37N5O4S. The summed E-state index contributed by atoms with van der Waals surface area (Å²) in [5.74, 6) is 0.930. The van der Waals surface area contributed by atoms with Crippen LogP contribution in [0.3, 0.4) is 0 Å². The zero-order valence-electron chi connectivity index (χ0n) is 21.5. The standard InChI is InChI=1S/C27H37N5O4S/c1-3-30-20(13-14-28)16-31-27(34)36-17-18-9-11-21-23(15-18)37-26(25(21)29)32-24(33)12-10-19-7-5-6-8-22(19)35-4-2/h5-8,13-14,18H,3-4,9-12,15-17,28-29H2,1-2H3,(H,31,34)(H,32,33). The van der Waals surface area contributed by atoms with Gasteiger partial charge in [-0.05, 0) is 74.9 Å². The van der Waals surface area contributed by atoms with Gasteiger partial charge in [0.25, 0.3) is 0 Å². The minimum Gasteiger partial charge on any atom is -0.494 e. The van der Waals surface area contributed by atoms with Crippen molar-refractivity contribution in [2.24, 2.45) is 16.6 Å². The number of rotatable bonds is 12. The molecule has 3 rings (SSSR count). The van der Waals surface area contributed by atoms with Crippen LogP contribution in [0, 0.1) is 5.92 Å². The van der Waals surface area contributed by atoms with Gasteiger partial charge in [-0.25, -0.2) is 4.79 Å². The number of anilines is 2. The second kappa shape index (κ2) is 14.3.